The largest absolute Gasteiger partial charge is 0.398 e. The van der Waals surface area contributed by atoms with Gasteiger partial charge < -0.3 is 10.6 Å². The van der Waals surface area contributed by atoms with Crippen LogP contribution in [0.15, 0.2) is 36.4 Å². The van der Waals surface area contributed by atoms with Gasteiger partial charge in [-0.1, -0.05) is 37.1 Å². The Morgan fingerprint density at radius 2 is 1.55 bits per heavy atom. The van der Waals surface area contributed by atoms with E-state index in [9.17, 15) is 4.79 Å². The second kappa shape index (κ2) is 5.53. The van der Waals surface area contributed by atoms with Crippen molar-refractivity contribution in [3.05, 3.63) is 42.0 Å². The highest BCUT2D eigenvalue weighted by molar-refractivity contribution is 6.09. The second-order valence-corrected chi connectivity index (χ2v) is 5.45. The van der Waals surface area contributed by atoms with Gasteiger partial charge in [0.05, 0.1) is 0 Å². The minimum atomic E-state index is 0.142. The van der Waals surface area contributed by atoms with E-state index >= 15 is 0 Å². The highest BCUT2D eigenvalue weighted by Crippen LogP contribution is 2.26. The smallest absolute Gasteiger partial charge is 0.254 e. The van der Waals surface area contributed by atoms with Crippen LogP contribution in [0, 0.1) is 0 Å². The molecule has 1 heterocycles. The number of nitrogens with two attached hydrogens (primary N) is 1. The zero-order chi connectivity index (χ0) is 13.9. The summed E-state index contributed by atoms with van der Waals surface area (Å²) in [5.74, 6) is 0.142. The highest BCUT2D eigenvalue weighted by Gasteiger charge is 2.19. The first-order valence-electron chi connectivity index (χ1n) is 7.34. The summed E-state index contributed by atoms with van der Waals surface area (Å²) in [6.07, 6.45) is 4.68. The van der Waals surface area contributed by atoms with Gasteiger partial charge in [-0.05, 0) is 30.4 Å². The molecule has 0 bridgehead atoms. The van der Waals surface area contributed by atoms with Gasteiger partial charge in [0.2, 0.25) is 0 Å². The predicted octanol–water partition coefficient (Wildman–Crippen LogP) is 3.44. The van der Waals surface area contributed by atoms with Gasteiger partial charge in [-0.3, -0.25) is 4.79 Å². The van der Waals surface area contributed by atoms with Crippen molar-refractivity contribution < 1.29 is 4.79 Å². The van der Waals surface area contributed by atoms with Gasteiger partial charge in [-0.2, -0.15) is 0 Å². The molecule has 2 N–H and O–H groups in total. The molecule has 2 aromatic carbocycles. The van der Waals surface area contributed by atoms with E-state index < -0.39 is 0 Å². The minimum absolute atomic E-state index is 0.142. The maximum absolute atomic E-state index is 12.8. The molecular formula is C17H20N2O. The lowest BCUT2D eigenvalue weighted by Crippen LogP contribution is -2.31. The van der Waals surface area contributed by atoms with Crippen molar-refractivity contribution in [3.8, 4) is 0 Å². The van der Waals surface area contributed by atoms with Crippen LogP contribution in [-0.2, 0) is 0 Å². The Labute approximate surface area is 119 Å². The van der Waals surface area contributed by atoms with Crippen molar-refractivity contribution in [1.29, 1.82) is 0 Å². The van der Waals surface area contributed by atoms with E-state index in [2.05, 4.69) is 0 Å². The number of amides is 1. The van der Waals surface area contributed by atoms with E-state index in [1.165, 1.54) is 12.8 Å². The molecule has 0 unspecified atom stereocenters. The molecule has 2 aromatic rings. The van der Waals surface area contributed by atoms with Gasteiger partial charge in [0, 0.05) is 29.7 Å². The summed E-state index contributed by atoms with van der Waals surface area (Å²) in [5, 5.41) is 1.93. The zero-order valence-corrected chi connectivity index (χ0v) is 11.6. The van der Waals surface area contributed by atoms with Gasteiger partial charge >= 0.3 is 0 Å². The lowest BCUT2D eigenvalue weighted by atomic mass is 10.0. The third-order valence-electron chi connectivity index (χ3n) is 4.08. The van der Waals surface area contributed by atoms with E-state index in [1.807, 2.05) is 41.3 Å². The number of hydrogen-bond acceptors (Lipinski definition) is 2. The third kappa shape index (κ3) is 2.36. The van der Waals surface area contributed by atoms with Crippen LogP contribution in [0.25, 0.3) is 10.8 Å². The average Bonchev–Trinajstić information content (AvgIpc) is 2.76. The van der Waals surface area contributed by atoms with E-state index in [0.717, 1.165) is 48.0 Å². The molecule has 104 valence electrons. The number of carbonyl (C=O) groups is 1. The predicted molar refractivity (Wildman–Crippen MR) is 82.7 cm³/mol. The number of benzene rings is 2. The van der Waals surface area contributed by atoms with Crippen molar-refractivity contribution in [2.45, 2.75) is 25.7 Å². The number of rotatable bonds is 1. The molecule has 1 aliphatic heterocycles. The molecule has 0 spiro atoms. The van der Waals surface area contributed by atoms with Crippen LogP contribution in [0.1, 0.15) is 36.0 Å². The van der Waals surface area contributed by atoms with Gasteiger partial charge in [-0.25, -0.2) is 0 Å². The fourth-order valence-electron chi connectivity index (χ4n) is 2.95. The fourth-order valence-corrected chi connectivity index (χ4v) is 2.95. The molecule has 0 radical (unpaired) electrons. The number of nitrogen functional groups attached to an aromatic ring is 1. The molecule has 3 heteroatoms. The third-order valence-corrected chi connectivity index (χ3v) is 4.08. The molecule has 0 atom stereocenters. The monoisotopic (exact) mass is 268 g/mol. The molecule has 1 saturated heterocycles. The van der Waals surface area contributed by atoms with Gasteiger partial charge in [0.1, 0.15) is 0 Å². The molecule has 3 nitrogen and oxygen atoms in total. The molecule has 3 rings (SSSR count). The van der Waals surface area contributed by atoms with Crippen LogP contribution in [0.5, 0.6) is 0 Å². The SMILES string of the molecule is Nc1ccc(C(=O)N2CCCCCC2)c2ccccc12. The highest BCUT2D eigenvalue weighted by atomic mass is 16.2. The zero-order valence-electron chi connectivity index (χ0n) is 11.6. The fraction of sp³-hybridized carbons (Fsp3) is 0.353. The summed E-state index contributed by atoms with van der Waals surface area (Å²) in [4.78, 5) is 14.8. The molecule has 1 fully saturated rings. The summed E-state index contributed by atoms with van der Waals surface area (Å²) in [6, 6.07) is 11.6. The van der Waals surface area contributed by atoms with Gasteiger partial charge in [-0.15, -0.1) is 0 Å². The number of fused-ring (bicyclic) bond motifs is 1. The molecular weight excluding hydrogens is 248 g/mol. The summed E-state index contributed by atoms with van der Waals surface area (Å²) < 4.78 is 0. The van der Waals surface area contributed by atoms with Crippen LogP contribution < -0.4 is 5.73 Å². The number of carbonyl (C=O) groups excluding carboxylic acids is 1. The number of hydrogen-bond donors (Lipinski definition) is 1. The Morgan fingerprint density at radius 3 is 2.25 bits per heavy atom. The van der Waals surface area contributed by atoms with Crippen LogP contribution in [-0.4, -0.2) is 23.9 Å². The van der Waals surface area contributed by atoms with Crippen LogP contribution in [0.3, 0.4) is 0 Å². The Kier molecular flexibility index (Phi) is 3.59. The summed E-state index contributed by atoms with van der Waals surface area (Å²) in [6.45, 7) is 1.75. The topological polar surface area (TPSA) is 46.3 Å². The summed E-state index contributed by atoms with van der Waals surface area (Å²) in [5.41, 5.74) is 7.51. The molecule has 0 aromatic heterocycles. The number of anilines is 1. The van der Waals surface area contributed by atoms with Crippen LogP contribution >= 0.6 is 0 Å². The lowest BCUT2D eigenvalue weighted by molar-refractivity contribution is 0.0763. The van der Waals surface area contributed by atoms with Crippen LogP contribution in [0.4, 0.5) is 5.69 Å². The van der Waals surface area contributed by atoms with Crippen molar-refractivity contribution in [2.24, 2.45) is 0 Å². The van der Waals surface area contributed by atoms with Crippen molar-refractivity contribution >= 4 is 22.4 Å². The summed E-state index contributed by atoms with van der Waals surface area (Å²) in [7, 11) is 0. The summed E-state index contributed by atoms with van der Waals surface area (Å²) >= 11 is 0. The average molecular weight is 268 g/mol. The number of likely N-dealkylation sites (tertiary alicyclic amines) is 1. The quantitative estimate of drug-likeness (QED) is 0.805. The standard InChI is InChI=1S/C17H20N2O/c18-16-10-9-15(13-7-3-4-8-14(13)16)17(20)19-11-5-1-2-6-12-19/h3-4,7-10H,1-2,5-6,11-12,18H2. The lowest BCUT2D eigenvalue weighted by Gasteiger charge is -2.21. The van der Waals surface area contributed by atoms with Crippen molar-refractivity contribution in [2.75, 3.05) is 18.8 Å². The van der Waals surface area contributed by atoms with E-state index in [4.69, 9.17) is 5.73 Å². The molecule has 20 heavy (non-hydrogen) atoms. The number of nitrogens with zero attached hydrogens (tertiary/aromatic N) is 1. The van der Waals surface area contributed by atoms with E-state index in [-0.39, 0.29) is 5.91 Å². The van der Waals surface area contributed by atoms with Crippen molar-refractivity contribution in [3.63, 3.8) is 0 Å². The Hall–Kier alpha value is -2.03. The normalized spacial score (nSPS) is 16.1. The van der Waals surface area contributed by atoms with E-state index in [1.54, 1.807) is 0 Å². The van der Waals surface area contributed by atoms with Gasteiger partial charge in [0.15, 0.2) is 0 Å². The second-order valence-electron chi connectivity index (χ2n) is 5.45. The first-order chi connectivity index (χ1) is 9.77. The molecule has 1 amide bonds. The Bertz CT molecular complexity index is 628. The minimum Gasteiger partial charge on any atom is -0.398 e. The van der Waals surface area contributed by atoms with E-state index in [0.29, 0.717) is 0 Å². The molecule has 0 aliphatic carbocycles. The van der Waals surface area contributed by atoms with Crippen molar-refractivity contribution in [1.82, 2.24) is 4.90 Å². The maximum atomic E-state index is 12.8. The van der Waals surface area contributed by atoms with Gasteiger partial charge in [0.25, 0.3) is 5.91 Å². The Morgan fingerprint density at radius 1 is 0.900 bits per heavy atom. The first kappa shape index (κ1) is 13.0. The maximum Gasteiger partial charge on any atom is 0.254 e. The Balaban J connectivity index is 2.01. The first-order valence-corrected chi connectivity index (χ1v) is 7.34. The molecule has 0 saturated carbocycles. The molecule has 1 aliphatic rings. The van der Waals surface area contributed by atoms with Crippen LogP contribution in [0.2, 0.25) is 0 Å².